The largest absolute Gasteiger partial charge is 0.493 e. The average Bonchev–Trinajstić information content (AvgIpc) is 2.18. The summed E-state index contributed by atoms with van der Waals surface area (Å²) in [7, 11) is 1.87. The molecule has 0 unspecified atom stereocenters. The Hall–Kier alpha value is -1.55. The molecule has 0 aliphatic rings. The van der Waals surface area contributed by atoms with Crippen molar-refractivity contribution in [3.8, 4) is 5.75 Å². The molecule has 0 aromatic heterocycles. The summed E-state index contributed by atoms with van der Waals surface area (Å²) in [5, 5.41) is 11.5. The van der Waals surface area contributed by atoms with Gasteiger partial charge in [0.05, 0.1) is 13.0 Å². The molecule has 0 atom stereocenters. The molecule has 82 valence electrons. The zero-order valence-corrected chi connectivity index (χ0v) is 8.69. The molecule has 0 bridgehead atoms. The molecular formula is C11H15NO3. The van der Waals surface area contributed by atoms with Gasteiger partial charge in [0.1, 0.15) is 5.75 Å². The van der Waals surface area contributed by atoms with Gasteiger partial charge in [-0.2, -0.15) is 0 Å². The van der Waals surface area contributed by atoms with Crippen molar-refractivity contribution in [2.24, 2.45) is 0 Å². The van der Waals surface area contributed by atoms with Crippen molar-refractivity contribution in [3.63, 3.8) is 0 Å². The highest BCUT2D eigenvalue weighted by Gasteiger charge is 1.99. The Labute approximate surface area is 88.9 Å². The third-order valence-electron chi connectivity index (χ3n) is 1.86. The van der Waals surface area contributed by atoms with Crippen LogP contribution in [0.3, 0.4) is 0 Å². The van der Waals surface area contributed by atoms with Crippen LogP contribution < -0.4 is 10.1 Å². The van der Waals surface area contributed by atoms with E-state index < -0.39 is 5.97 Å². The molecule has 0 aliphatic heterocycles. The summed E-state index contributed by atoms with van der Waals surface area (Å²) < 4.78 is 5.30. The lowest BCUT2D eigenvalue weighted by atomic mass is 10.2. The van der Waals surface area contributed by atoms with Crippen molar-refractivity contribution in [2.75, 3.05) is 13.7 Å². The zero-order chi connectivity index (χ0) is 11.1. The number of ether oxygens (including phenoxy) is 1. The lowest BCUT2D eigenvalue weighted by molar-refractivity contribution is -0.137. The van der Waals surface area contributed by atoms with Crippen LogP contribution in [0.2, 0.25) is 0 Å². The minimum absolute atomic E-state index is 0.0241. The summed E-state index contributed by atoms with van der Waals surface area (Å²) in [5.74, 6) is -0.134. The zero-order valence-electron chi connectivity index (χ0n) is 8.69. The Morgan fingerprint density at radius 3 is 3.00 bits per heavy atom. The van der Waals surface area contributed by atoms with Crippen LogP contribution in [-0.2, 0) is 11.3 Å². The van der Waals surface area contributed by atoms with Crippen molar-refractivity contribution in [1.82, 2.24) is 5.32 Å². The van der Waals surface area contributed by atoms with Crippen LogP contribution in [0.25, 0.3) is 0 Å². The van der Waals surface area contributed by atoms with Crippen molar-refractivity contribution >= 4 is 5.97 Å². The second-order valence-electron chi connectivity index (χ2n) is 3.17. The van der Waals surface area contributed by atoms with Gasteiger partial charge in [-0.3, -0.25) is 4.79 Å². The van der Waals surface area contributed by atoms with E-state index in [4.69, 9.17) is 9.84 Å². The molecule has 0 heterocycles. The topological polar surface area (TPSA) is 58.6 Å². The predicted octanol–water partition coefficient (Wildman–Crippen LogP) is 1.26. The van der Waals surface area contributed by atoms with Gasteiger partial charge in [-0.05, 0) is 24.7 Å². The maximum atomic E-state index is 10.3. The van der Waals surface area contributed by atoms with Crippen LogP contribution in [0.1, 0.15) is 12.0 Å². The van der Waals surface area contributed by atoms with Gasteiger partial charge in [0, 0.05) is 6.54 Å². The SMILES string of the molecule is CNCc1cccc(OCCC(=O)O)c1. The maximum absolute atomic E-state index is 10.3. The van der Waals surface area contributed by atoms with Crippen LogP contribution >= 0.6 is 0 Å². The quantitative estimate of drug-likeness (QED) is 0.740. The molecule has 1 aromatic carbocycles. The van der Waals surface area contributed by atoms with E-state index in [1.165, 1.54) is 0 Å². The smallest absolute Gasteiger partial charge is 0.306 e. The average molecular weight is 209 g/mol. The first-order chi connectivity index (χ1) is 7.22. The van der Waals surface area contributed by atoms with Crippen LogP contribution in [-0.4, -0.2) is 24.7 Å². The van der Waals surface area contributed by atoms with Crippen molar-refractivity contribution in [3.05, 3.63) is 29.8 Å². The van der Waals surface area contributed by atoms with Crippen LogP contribution in [0, 0.1) is 0 Å². The molecule has 1 rings (SSSR count). The van der Waals surface area contributed by atoms with E-state index in [1.54, 1.807) is 0 Å². The van der Waals surface area contributed by atoms with E-state index in [9.17, 15) is 4.79 Å². The van der Waals surface area contributed by atoms with Gasteiger partial charge >= 0.3 is 5.97 Å². The highest BCUT2D eigenvalue weighted by atomic mass is 16.5. The number of nitrogens with one attached hydrogen (secondary N) is 1. The number of rotatable bonds is 6. The summed E-state index contributed by atoms with van der Waals surface area (Å²) in [5.41, 5.74) is 1.12. The van der Waals surface area contributed by atoms with E-state index in [0.29, 0.717) is 5.75 Å². The number of hydrogen-bond acceptors (Lipinski definition) is 3. The van der Waals surface area contributed by atoms with E-state index in [0.717, 1.165) is 12.1 Å². The number of aliphatic carboxylic acids is 1. The molecule has 0 spiro atoms. The highest BCUT2D eigenvalue weighted by Crippen LogP contribution is 2.13. The van der Waals surface area contributed by atoms with Crippen LogP contribution in [0.15, 0.2) is 24.3 Å². The normalized spacial score (nSPS) is 9.93. The molecule has 0 radical (unpaired) electrons. The van der Waals surface area contributed by atoms with Crippen molar-refractivity contribution in [2.45, 2.75) is 13.0 Å². The van der Waals surface area contributed by atoms with Crippen molar-refractivity contribution in [1.29, 1.82) is 0 Å². The molecular weight excluding hydrogens is 194 g/mol. The Kier molecular flexibility index (Phi) is 4.63. The van der Waals surface area contributed by atoms with Gasteiger partial charge in [0.25, 0.3) is 0 Å². The minimum atomic E-state index is -0.846. The summed E-state index contributed by atoms with van der Waals surface area (Å²) in [6.45, 7) is 0.981. The molecule has 0 saturated carbocycles. The van der Waals surface area contributed by atoms with Gasteiger partial charge in [-0.1, -0.05) is 12.1 Å². The van der Waals surface area contributed by atoms with Crippen LogP contribution in [0.5, 0.6) is 5.75 Å². The van der Waals surface area contributed by atoms with Gasteiger partial charge in [-0.25, -0.2) is 0 Å². The second kappa shape index (κ2) is 6.03. The Morgan fingerprint density at radius 1 is 1.53 bits per heavy atom. The summed E-state index contributed by atoms with van der Waals surface area (Å²) >= 11 is 0. The molecule has 4 heteroatoms. The summed E-state index contributed by atoms with van der Waals surface area (Å²) in [6, 6.07) is 7.60. The number of hydrogen-bond donors (Lipinski definition) is 2. The fourth-order valence-electron chi connectivity index (χ4n) is 1.21. The standard InChI is InChI=1S/C11H15NO3/c1-12-8-9-3-2-4-10(7-9)15-6-5-11(13)14/h2-4,7,12H,5-6,8H2,1H3,(H,13,14). The Bertz CT molecular complexity index is 325. The summed E-state index contributed by atoms with van der Waals surface area (Å²) in [4.78, 5) is 10.3. The molecule has 1 aromatic rings. The Morgan fingerprint density at radius 2 is 2.33 bits per heavy atom. The second-order valence-corrected chi connectivity index (χ2v) is 3.17. The monoisotopic (exact) mass is 209 g/mol. The Balaban J connectivity index is 2.46. The van der Waals surface area contributed by atoms with E-state index in [1.807, 2.05) is 31.3 Å². The lowest BCUT2D eigenvalue weighted by Gasteiger charge is -2.06. The first-order valence-electron chi connectivity index (χ1n) is 4.80. The number of carboxylic acid groups (broad SMARTS) is 1. The maximum Gasteiger partial charge on any atom is 0.306 e. The van der Waals surface area contributed by atoms with E-state index in [-0.39, 0.29) is 13.0 Å². The number of carboxylic acids is 1. The molecule has 2 N–H and O–H groups in total. The van der Waals surface area contributed by atoms with E-state index in [2.05, 4.69) is 5.32 Å². The molecule has 0 saturated heterocycles. The first-order valence-corrected chi connectivity index (χ1v) is 4.80. The molecule has 0 fully saturated rings. The van der Waals surface area contributed by atoms with E-state index >= 15 is 0 Å². The van der Waals surface area contributed by atoms with Crippen LogP contribution in [0.4, 0.5) is 0 Å². The molecule has 15 heavy (non-hydrogen) atoms. The lowest BCUT2D eigenvalue weighted by Crippen LogP contribution is -2.07. The number of carbonyl (C=O) groups is 1. The molecule has 0 aliphatic carbocycles. The molecule has 4 nitrogen and oxygen atoms in total. The van der Waals surface area contributed by atoms with Gasteiger partial charge in [0.2, 0.25) is 0 Å². The summed E-state index contributed by atoms with van der Waals surface area (Å²) in [6.07, 6.45) is 0.0241. The third-order valence-corrected chi connectivity index (χ3v) is 1.86. The first kappa shape index (κ1) is 11.5. The number of benzene rings is 1. The third kappa shape index (κ3) is 4.46. The highest BCUT2D eigenvalue weighted by molar-refractivity contribution is 5.66. The van der Waals surface area contributed by atoms with Gasteiger partial charge in [-0.15, -0.1) is 0 Å². The predicted molar refractivity (Wildman–Crippen MR) is 57.0 cm³/mol. The van der Waals surface area contributed by atoms with Gasteiger partial charge < -0.3 is 15.2 Å². The molecule has 0 amide bonds. The fourth-order valence-corrected chi connectivity index (χ4v) is 1.21. The van der Waals surface area contributed by atoms with Gasteiger partial charge in [0.15, 0.2) is 0 Å². The fraction of sp³-hybridized carbons (Fsp3) is 0.364. The van der Waals surface area contributed by atoms with Crippen molar-refractivity contribution < 1.29 is 14.6 Å². The minimum Gasteiger partial charge on any atom is -0.493 e.